The number of amides is 3. The van der Waals surface area contributed by atoms with Gasteiger partial charge in [0.05, 0.1) is 5.75 Å². The van der Waals surface area contributed by atoms with Gasteiger partial charge >= 0.3 is 6.03 Å². The van der Waals surface area contributed by atoms with Crippen LogP contribution >= 0.6 is 23.1 Å². The normalized spacial score (nSPS) is 10.6. The Kier molecular flexibility index (Phi) is 6.89. The van der Waals surface area contributed by atoms with Gasteiger partial charge in [-0.3, -0.25) is 14.7 Å². The summed E-state index contributed by atoms with van der Waals surface area (Å²) in [6, 6.07) is 9.77. The van der Waals surface area contributed by atoms with Crippen molar-refractivity contribution in [2.45, 2.75) is 25.4 Å². The molecule has 0 atom stereocenters. The number of rotatable bonds is 7. The van der Waals surface area contributed by atoms with Crippen LogP contribution in [0.2, 0.25) is 0 Å². The topological polar surface area (TPSA) is 76.0 Å². The lowest BCUT2D eigenvalue weighted by Crippen LogP contribution is -2.41. The van der Waals surface area contributed by atoms with Gasteiger partial charge in [-0.25, -0.2) is 9.78 Å². The number of aromatic nitrogens is 2. The van der Waals surface area contributed by atoms with Crippen LogP contribution in [0, 0.1) is 13.8 Å². The number of nitrogens with one attached hydrogen (secondary N) is 2. The average Bonchev–Trinajstić information content (AvgIpc) is 3.30. The van der Waals surface area contributed by atoms with Gasteiger partial charge in [-0.2, -0.15) is 0 Å². The summed E-state index contributed by atoms with van der Waals surface area (Å²) in [5.74, 6) is -0.242. The highest BCUT2D eigenvalue weighted by Gasteiger charge is 2.12. The van der Waals surface area contributed by atoms with Crippen molar-refractivity contribution >= 4 is 35.0 Å². The fraction of sp³-hybridized carbons (Fsp3) is 0.250. The predicted molar refractivity (Wildman–Crippen MR) is 113 cm³/mol. The summed E-state index contributed by atoms with van der Waals surface area (Å²) < 4.78 is 1.94. The lowest BCUT2D eigenvalue weighted by molar-refractivity contribution is -0.117. The maximum atomic E-state index is 12.1. The molecule has 8 heteroatoms. The Hall–Kier alpha value is -2.58. The predicted octanol–water partition coefficient (Wildman–Crippen LogP) is 3.71. The van der Waals surface area contributed by atoms with Gasteiger partial charge < -0.3 is 5.32 Å². The second-order valence-corrected chi connectivity index (χ2v) is 8.32. The number of imide groups is 1. The first-order valence-corrected chi connectivity index (χ1v) is 10.7. The third kappa shape index (κ3) is 5.71. The molecule has 0 unspecified atom stereocenters. The summed E-state index contributed by atoms with van der Waals surface area (Å²) in [4.78, 5) is 29.4. The zero-order chi connectivity index (χ0) is 19.9. The third-order valence-corrected chi connectivity index (χ3v) is 5.82. The summed E-state index contributed by atoms with van der Waals surface area (Å²) in [6.45, 7) is 4.58. The van der Waals surface area contributed by atoms with E-state index in [0.717, 1.165) is 23.2 Å². The van der Waals surface area contributed by atoms with E-state index in [9.17, 15) is 9.59 Å². The lowest BCUT2D eigenvalue weighted by Gasteiger charge is -2.10. The molecule has 2 aromatic heterocycles. The van der Waals surface area contributed by atoms with Crippen molar-refractivity contribution in [3.05, 3.63) is 64.1 Å². The molecule has 0 radical (unpaired) electrons. The van der Waals surface area contributed by atoms with E-state index < -0.39 is 6.03 Å². The lowest BCUT2D eigenvalue weighted by atomic mass is 10.1. The number of carbonyl (C=O) groups is 2. The van der Waals surface area contributed by atoms with Gasteiger partial charge in [0.25, 0.3) is 0 Å². The largest absolute Gasteiger partial charge is 0.337 e. The van der Waals surface area contributed by atoms with Crippen molar-refractivity contribution in [2.24, 2.45) is 0 Å². The number of aryl methyl sites for hydroxylation is 2. The molecule has 6 nitrogen and oxygen atoms in total. The van der Waals surface area contributed by atoms with E-state index >= 15 is 0 Å². The minimum Gasteiger partial charge on any atom is -0.337 e. The van der Waals surface area contributed by atoms with Crippen molar-refractivity contribution in [1.29, 1.82) is 0 Å². The molecule has 0 saturated heterocycles. The van der Waals surface area contributed by atoms with Crippen LogP contribution in [0.15, 0.2) is 53.3 Å². The molecule has 0 saturated carbocycles. The molecular formula is C20H22N4O2S2. The molecule has 2 heterocycles. The van der Waals surface area contributed by atoms with E-state index in [4.69, 9.17) is 0 Å². The number of imidazole rings is 1. The van der Waals surface area contributed by atoms with Gasteiger partial charge in [-0.15, -0.1) is 11.3 Å². The van der Waals surface area contributed by atoms with Crippen LogP contribution in [0.3, 0.4) is 0 Å². The van der Waals surface area contributed by atoms with Gasteiger partial charge in [-0.05, 0) is 55.0 Å². The Morgan fingerprint density at radius 3 is 2.71 bits per heavy atom. The number of benzene rings is 1. The Labute approximate surface area is 172 Å². The molecule has 0 bridgehead atoms. The van der Waals surface area contributed by atoms with Crippen molar-refractivity contribution in [3.8, 4) is 5.69 Å². The third-order valence-electron chi connectivity index (χ3n) is 3.91. The number of urea groups is 1. The van der Waals surface area contributed by atoms with Crippen molar-refractivity contribution in [3.63, 3.8) is 0 Å². The van der Waals surface area contributed by atoms with E-state index in [0.29, 0.717) is 11.7 Å². The molecule has 3 amide bonds. The molecule has 3 aromatic rings. The molecule has 28 heavy (non-hydrogen) atoms. The molecule has 0 aliphatic carbocycles. The minimum absolute atomic E-state index is 0.111. The zero-order valence-corrected chi connectivity index (χ0v) is 17.4. The Balaban J connectivity index is 1.48. The number of hydrogen-bond donors (Lipinski definition) is 2. The van der Waals surface area contributed by atoms with Gasteiger partial charge in [0.1, 0.15) is 0 Å². The molecule has 0 fully saturated rings. The fourth-order valence-electron chi connectivity index (χ4n) is 2.77. The van der Waals surface area contributed by atoms with Crippen LogP contribution < -0.4 is 10.6 Å². The van der Waals surface area contributed by atoms with Gasteiger partial charge in [0.2, 0.25) is 5.91 Å². The monoisotopic (exact) mass is 414 g/mol. The standard InChI is InChI=1S/C20H22N4O2S2/c1-14-10-15(2)12-16(11-14)24-8-7-22-20(24)28-13-18(25)23-19(26)21-6-5-17-4-3-9-27-17/h3-4,7-12H,5-6,13H2,1-2H3,(H2,21,23,25,26). The average molecular weight is 415 g/mol. The summed E-state index contributed by atoms with van der Waals surface area (Å²) in [5.41, 5.74) is 3.33. The van der Waals surface area contributed by atoms with Gasteiger partial charge in [-0.1, -0.05) is 23.9 Å². The van der Waals surface area contributed by atoms with Crippen molar-refractivity contribution in [2.75, 3.05) is 12.3 Å². The van der Waals surface area contributed by atoms with E-state index in [1.807, 2.05) is 42.1 Å². The van der Waals surface area contributed by atoms with Crippen LogP contribution in [0.5, 0.6) is 0 Å². The highest BCUT2D eigenvalue weighted by Crippen LogP contribution is 2.22. The number of hydrogen-bond acceptors (Lipinski definition) is 5. The van der Waals surface area contributed by atoms with E-state index in [1.165, 1.54) is 16.6 Å². The van der Waals surface area contributed by atoms with E-state index in [2.05, 4.69) is 33.8 Å². The van der Waals surface area contributed by atoms with E-state index in [1.54, 1.807) is 17.5 Å². The number of carbonyl (C=O) groups excluding carboxylic acids is 2. The highest BCUT2D eigenvalue weighted by atomic mass is 32.2. The number of nitrogens with zero attached hydrogens (tertiary/aromatic N) is 2. The van der Waals surface area contributed by atoms with Crippen LogP contribution in [0.25, 0.3) is 5.69 Å². The molecule has 0 spiro atoms. The highest BCUT2D eigenvalue weighted by molar-refractivity contribution is 7.99. The fourth-order valence-corrected chi connectivity index (χ4v) is 4.26. The van der Waals surface area contributed by atoms with Crippen molar-refractivity contribution in [1.82, 2.24) is 20.2 Å². The quantitative estimate of drug-likeness (QED) is 0.578. The molecule has 2 N–H and O–H groups in total. The van der Waals surface area contributed by atoms with Crippen LogP contribution in [0.1, 0.15) is 16.0 Å². The van der Waals surface area contributed by atoms with Gasteiger partial charge in [0, 0.05) is 29.5 Å². The molecule has 146 valence electrons. The summed E-state index contributed by atoms with van der Waals surface area (Å²) in [6.07, 6.45) is 4.32. The van der Waals surface area contributed by atoms with Crippen LogP contribution in [-0.2, 0) is 11.2 Å². The number of thioether (sulfide) groups is 1. The molecule has 3 rings (SSSR count). The minimum atomic E-state index is -0.472. The Morgan fingerprint density at radius 1 is 1.21 bits per heavy atom. The summed E-state index contributed by atoms with van der Waals surface area (Å²) in [5, 5.41) is 7.76. The Bertz CT molecular complexity index is 931. The maximum Gasteiger partial charge on any atom is 0.321 e. The molecule has 0 aliphatic heterocycles. The van der Waals surface area contributed by atoms with Crippen LogP contribution in [-0.4, -0.2) is 33.8 Å². The van der Waals surface area contributed by atoms with Gasteiger partial charge in [0.15, 0.2) is 5.16 Å². The van der Waals surface area contributed by atoms with Crippen molar-refractivity contribution < 1.29 is 9.59 Å². The summed E-state index contributed by atoms with van der Waals surface area (Å²) in [7, 11) is 0. The molecule has 1 aromatic carbocycles. The molecule has 0 aliphatic rings. The SMILES string of the molecule is Cc1cc(C)cc(-n2ccnc2SCC(=O)NC(=O)NCCc2cccs2)c1. The molecular weight excluding hydrogens is 392 g/mol. The smallest absolute Gasteiger partial charge is 0.321 e. The first-order valence-electron chi connectivity index (χ1n) is 8.86. The van der Waals surface area contributed by atoms with Crippen LogP contribution in [0.4, 0.5) is 4.79 Å². The maximum absolute atomic E-state index is 12.1. The van der Waals surface area contributed by atoms with E-state index in [-0.39, 0.29) is 11.7 Å². The number of thiophene rings is 1. The summed E-state index contributed by atoms with van der Waals surface area (Å²) >= 11 is 2.94. The second kappa shape index (κ2) is 9.57. The first kappa shape index (κ1) is 20.2. The Morgan fingerprint density at radius 2 is 2.00 bits per heavy atom. The first-order chi connectivity index (χ1) is 13.5. The second-order valence-electron chi connectivity index (χ2n) is 6.35. The zero-order valence-electron chi connectivity index (χ0n) is 15.8.